The Labute approximate surface area is 139 Å². The molecule has 0 aromatic heterocycles. The average Bonchev–Trinajstić information content (AvgIpc) is 2.53. The van der Waals surface area contributed by atoms with Gasteiger partial charge in [-0.2, -0.15) is 0 Å². The third-order valence-electron chi connectivity index (χ3n) is 3.43. The van der Waals surface area contributed by atoms with E-state index < -0.39 is 0 Å². The predicted molar refractivity (Wildman–Crippen MR) is 96.6 cm³/mol. The summed E-state index contributed by atoms with van der Waals surface area (Å²) in [5, 5.41) is 12.5. The number of anilines is 2. The largest absolute Gasteiger partial charge is 0.392 e. The minimum atomic E-state index is 0.0507. The Bertz CT molecular complexity index is 627. The van der Waals surface area contributed by atoms with Gasteiger partial charge in [-0.1, -0.05) is 44.2 Å². The second-order valence-corrected chi connectivity index (χ2v) is 6.42. The molecule has 118 valence electrons. The Morgan fingerprint density at radius 3 is 2.36 bits per heavy atom. The van der Waals surface area contributed by atoms with Crippen LogP contribution in [0.15, 0.2) is 40.9 Å². The van der Waals surface area contributed by atoms with Gasteiger partial charge >= 0.3 is 0 Å². The normalized spacial score (nSPS) is 10.8. The Kier molecular flexibility index (Phi) is 5.83. The standard InChI is InChI=1S/C17H22BrN3O/c1-11(2)9-20-15-8-7-14(16(18)17(15)21-19)13-5-3-12(10-22)4-6-13/h3-8,11,20-22H,9-10,19H2,1-2H3. The van der Waals surface area contributed by atoms with Crippen molar-refractivity contribution >= 4 is 27.3 Å². The number of nitrogens with two attached hydrogens (primary N) is 1. The van der Waals surface area contributed by atoms with Gasteiger partial charge in [0.2, 0.25) is 0 Å². The molecule has 4 nitrogen and oxygen atoms in total. The summed E-state index contributed by atoms with van der Waals surface area (Å²) in [4.78, 5) is 0. The van der Waals surface area contributed by atoms with Crippen LogP contribution in [0.25, 0.3) is 11.1 Å². The summed E-state index contributed by atoms with van der Waals surface area (Å²) in [7, 11) is 0. The van der Waals surface area contributed by atoms with Crippen molar-refractivity contribution in [2.75, 3.05) is 17.3 Å². The number of nitrogens with one attached hydrogen (secondary N) is 2. The molecular formula is C17H22BrN3O. The highest BCUT2D eigenvalue weighted by atomic mass is 79.9. The number of benzene rings is 2. The molecule has 2 aromatic carbocycles. The van der Waals surface area contributed by atoms with Crippen LogP contribution in [-0.2, 0) is 6.61 Å². The van der Waals surface area contributed by atoms with Gasteiger partial charge in [0.05, 0.1) is 22.5 Å². The van der Waals surface area contributed by atoms with E-state index in [1.165, 1.54) is 0 Å². The number of aliphatic hydroxyl groups is 1. The van der Waals surface area contributed by atoms with E-state index in [2.05, 4.69) is 46.6 Å². The van der Waals surface area contributed by atoms with Crippen molar-refractivity contribution < 1.29 is 5.11 Å². The molecule has 2 aromatic rings. The number of aliphatic hydroxyl groups excluding tert-OH is 1. The van der Waals surface area contributed by atoms with Crippen molar-refractivity contribution in [3.8, 4) is 11.1 Å². The molecule has 5 heteroatoms. The van der Waals surface area contributed by atoms with Crippen LogP contribution in [0, 0.1) is 5.92 Å². The number of nitrogen functional groups attached to an aromatic ring is 1. The van der Waals surface area contributed by atoms with E-state index in [1.807, 2.05) is 30.3 Å². The highest BCUT2D eigenvalue weighted by molar-refractivity contribution is 9.10. The van der Waals surface area contributed by atoms with Crippen molar-refractivity contribution in [1.82, 2.24) is 0 Å². The quantitative estimate of drug-likeness (QED) is 0.463. The molecule has 0 atom stereocenters. The highest BCUT2D eigenvalue weighted by Crippen LogP contribution is 2.38. The van der Waals surface area contributed by atoms with E-state index in [-0.39, 0.29) is 6.61 Å². The van der Waals surface area contributed by atoms with Crippen molar-refractivity contribution in [3.63, 3.8) is 0 Å². The van der Waals surface area contributed by atoms with E-state index in [9.17, 15) is 0 Å². The lowest BCUT2D eigenvalue weighted by Gasteiger charge is -2.17. The zero-order chi connectivity index (χ0) is 16.1. The summed E-state index contributed by atoms with van der Waals surface area (Å²) in [6.45, 7) is 5.25. The number of rotatable bonds is 6. The summed E-state index contributed by atoms with van der Waals surface area (Å²) in [6, 6.07) is 11.9. The molecule has 0 aliphatic rings. The topological polar surface area (TPSA) is 70.3 Å². The number of hydrazine groups is 1. The smallest absolute Gasteiger partial charge is 0.0868 e. The number of hydrogen-bond donors (Lipinski definition) is 4. The van der Waals surface area contributed by atoms with Crippen LogP contribution < -0.4 is 16.6 Å². The average molecular weight is 364 g/mol. The molecule has 0 saturated carbocycles. The molecule has 0 bridgehead atoms. The van der Waals surface area contributed by atoms with Gasteiger partial charge in [-0.3, -0.25) is 5.84 Å². The molecule has 0 fully saturated rings. The Balaban J connectivity index is 2.36. The van der Waals surface area contributed by atoms with Gasteiger partial charge in [0.25, 0.3) is 0 Å². The van der Waals surface area contributed by atoms with Gasteiger partial charge in [-0.15, -0.1) is 0 Å². The molecule has 0 saturated heterocycles. The SMILES string of the molecule is CC(C)CNc1ccc(-c2ccc(CO)cc2)c(Br)c1NN. The van der Waals surface area contributed by atoms with Crippen molar-refractivity contribution in [3.05, 3.63) is 46.4 Å². The number of hydrogen-bond acceptors (Lipinski definition) is 4. The van der Waals surface area contributed by atoms with Gasteiger partial charge in [0.1, 0.15) is 0 Å². The Hall–Kier alpha value is -1.56. The summed E-state index contributed by atoms with van der Waals surface area (Å²) in [6.07, 6.45) is 0. The lowest BCUT2D eigenvalue weighted by molar-refractivity contribution is 0.282. The maximum Gasteiger partial charge on any atom is 0.0868 e. The molecule has 2 rings (SSSR count). The molecule has 0 radical (unpaired) electrons. The maximum atomic E-state index is 9.13. The lowest BCUT2D eigenvalue weighted by Crippen LogP contribution is -2.14. The van der Waals surface area contributed by atoms with Crippen LogP contribution in [0.1, 0.15) is 19.4 Å². The fraction of sp³-hybridized carbons (Fsp3) is 0.294. The lowest BCUT2D eigenvalue weighted by atomic mass is 10.0. The minimum Gasteiger partial charge on any atom is -0.392 e. The van der Waals surface area contributed by atoms with Crippen molar-refractivity contribution in [1.29, 1.82) is 0 Å². The molecule has 0 amide bonds. The van der Waals surface area contributed by atoms with Gasteiger partial charge in [0, 0.05) is 6.54 Å². The van der Waals surface area contributed by atoms with Crippen LogP contribution >= 0.6 is 15.9 Å². The van der Waals surface area contributed by atoms with Crippen molar-refractivity contribution in [2.45, 2.75) is 20.5 Å². The predicted octanol–water partition coefficient (Wildman–Crippen LogP) is 3.96. The Morgan fingerprint density at radius 1 is 1.14 bits per heavy atom. The molecule has 0 spiro atoms. The summed E-state index contributed by atoms with van der Waals surface area (Å²) >= 11 is 3.64. The zero-order valence-electron chi connectivity index (χ0n) is 12.9. The minimum absolute atomic E-state index is 0.0507. The molecule has 0 aliphatic heterocycles. The van der Waals surface area contributed by atoms with Crippen molar-refractivity contribution in [2.24, 2.45) is 11.8 Å². The first-order valence-electron chi connectivity index (χ1n) is 7.30. The van der Waals surface area contributed by atoms with Gasteiger partial charge < -0.3 is 15.8 Å². The highest BCUT2D eigenvalue weighted by Gasteiger charge is 2.12. The molecule has 0 unspecified atom stereocenters. The zero-order valence-corrected chi connectivity index (χ0v) is 14.4. The first kappa shape index (κ1) is 16.8. The van der Waals surface area contributed by atoms with E-state index >= 15 is 0 Å². The summed E-state index contributed by atoms with van der Waals surface area (Å²) in [5.41, 5.74) is 7.59. The van der Waals surface area contributed by atoms with E-state index in [0.29, 0.717) is 5.92 Å². The van der Waals surface area contributed by atoms with E-state index in [0.717, 1.165) is 39.1 Å². The fourth-order valence-electron chi connectivity index (χ4n) is 2.19. The van der Waals surface area contributed by atoms with Gasteiger partial charge in [0.15, 0.2) is 0 Å². The maximum absolute atomic E-state index is 9.13. The van der Waals surface area contributed by atoms with Crippen LogP contribution in [0.3, 0.4) is 0 Å². The Morgan fingerprint density at radius 2 is 1.82 bits per heavy atom. The molecule has 5 N–H and O–H groups in total. The summed E-state index contributed by atoms with van der Waals surface area (Å²) < 4.78 is 0.917. The fourth-order valence-corrected chi connectivity index (χ4v) is 2.88. The monoisotopic (exact) mass is 363 g/mol. The number of halogens is 1. The molecule has 22 heavy (non-hydrogen) atoms. The van der Waals surface area contributed by atoms with Gasteiger partial charge in [-0.05, 0) is 44.6 Å². The third-order valence-corrected chi connectivity index (χ3v) is 4.26. The van der Waals surface area contributed by atoms with Gasteiger partial charge in [-0.25, -0.2) is 0 Å². The molecular weight excluding hydrogens is 342 g/mol. The van der Waals surface area contributed by atoms with Crippen LogP contribution in [-0.4, -0.2) is 11.7 Å². The molecule has 0 heterocycles. The van der Waals surface area contributed by atoms with E-state index in [4.69, 9.17) is 10.9 Å². The van der Waals surface area contributed by atoms with Crippen LogP contribution in [0.4, 0.5) is 11.4 Å². The molecule has 0 aliphatic carbocycles. The first-order valence-corrected chi connectivity index (χ1v) is 8.09. The second-order valence-electron chi connectivity index (χ2n) is 5.62. The third kappa shape index (κ3) is 3.80. The van der Waals surface area contributed by atoms with Crippen LogP contribution in [0.5, 0.6) is 0 Å². The van der Waals surface area contributed by atoms with E-state index in [1.54, 1.807) is 0 Å². The summed E-state index contributed by atoms with van der Waals surface area (Å²) in [5.74, 6) is 6.25. The first-order chi connectivity index (χ1) is 10.6. The van der Waals surface area contributed by atoms with Crippen LogP contribution in [0.2, 0.25) is 0 Å². The second kappa shape index (κ2) is 7.63.